The van der Waals surface area contributed by atoms with Crippen LogP contribution in [0.25, 0.3) is 0 Å². The molecule has 0 radical (unpaired) electrons. The molecule has 2 heterocycles. The van der Waals surface area contributed by atoms with E-state index in [0.29, 0.717) is 6.54 Å². The van der Waals surface area contributed by atoms with Gasteiger partial charge in [-0.1, -0.05) is 6.07 Å². The molecule has 0 aliphatic carbocycles. The fraction of sp³-hybridized carbons (Fsp3) is 0.538. The SMILES string of the molecule is CC1(C(=O)NC(CC(=O)O)c2cccs2)CCNC1. The van der Waals surface area contributed by atoms with Gasteiger partial charge in [-0.15, -0.1) is 11.3 Å². The van der Waals surface area contributed by atoms with Gasteiger partial charge in [0.2, 0.25) is 5.91 Å². The first-order valence-electron chi connectivity index (χ1n) is 6.28. The van der Waals surface area contributed by atoms with Gasteiger partial charge in [0.05, 0.1) is 17.9 Å². The zero-order chi connectivity index (χ0) is 13.9. The third-order valence-electron chi connectivity index (χ3n) is 3.49. The van der Waals surface area contributed by atoms with Crippen molar-refractivity contribution in [2.75, 3.05) is 13.1 Å². The molecule has 5 nitrogen and oxygen atoms in total. The van der Waals surface area contributed by atoms with Crippen molar-refractivity contribution in [3.63, 3.8) is 0 Å². The number of carbonyl (C=O) groups excluding carboxylic acids is 1. The number of amides is 1. The lowest BCUT2D eigenvalue weighted by atomic mass is 9.88. The van der Waals surface area contributed by atoms with Gasteiger partial charge in [-0.3, -0.25) is 9.59 Å². The van der Waals surface area contributed by atoms with E-state index in [2.05, 4.69) is 10.6 Å². The Morgan fingerprint density at radius 3 is 2.95 bits per heavy atom. The summed E-state index contributed by atoms with van der Waals surface area (Å²) < 4.78 is 0. The van der Waals surface area contributed by atoms with Gasteiger partial charge >= 0.3 is 5.97 Å². The van der Waals surface area contributed by atoms with Crippen LogP contribution in [0.4, 0.5) is 0 Å². The van der Waals surface area contributed by atoms with Crippen molar-refractivity contribution in [3.8, 4) is 0 Å². The van der Waals surface area contributed by atoms with Crippen molar-refractivity contribution < 1.29 is 14.7 Å². The number of rotatable bonds is 5. The van der Waals surface area contributed by atoms with E-state index in [9.17, 15) is 9.59 Å². The van der Waals surface area contributed by atoms with Crippen LogP contribution in [-0.4, -0.2) is 30.1 Å². The minimum absolute atomic E-state index is 0.0721. The molecule has 1 amide bonds. The molecule has 0 aromatic carbocycles. The minimum atomic E-state index is -0.909. The summed E-state index contributed by atoms with van der Waals surface area (Å²) in [6, 6.07) is 3.27. The molecular formula is C13H18N2O3S. The molecule has 0 bridgehead atoms. The van der Waals surface area contributed by atoms with E-state index >= 15 is 0 Å². The van der Waals surface area contributed by atoms with Crippen LogP contribution in [0.3, 0.4) is 0 Å². The molecule has 0 spiro atoms. The van der Waals surface area contributed by atoms with Crippen LogP contribution in [0.1, 0.15) is 30.7 Å². The first kappa shape index (κ1) is 14.0. The Bertz CT molecular complexity index is 452. The van der Waals surface area contributed by atoms with E-state index < -0.39 is 17.4 Å². The predicted octanol–water partition coefficient (Wildman–Crippen LogP) is 1.38. The second kappa shape index (κ2) is 5.71. The number of aliphatic carboxylic acids is 1. The van der Waals surface area contributed by atoms with Crippen LogP contribution >= 0.6 is 11.3 Å². The number of hydrogen-bond acceptors (Lipinski definition) is 4. The van der Waals surface area contributed by atoms with E-state index in [1.165, 1.54) is 11.3 Å². The van der Waals surface area contributed by atoms with Crippen LogP contribution < -0.4 is 10.6 Å². The summed E-state index contributed by atoms with van der Waals surface area (Å²) in [5.74, 6) is -0.981. The molecule has 2 atom stereocenters. The molecule has 2 unspecified atom stereocenters. The van der Waals surface area contributed by atoms with Crippen molar-refractivity contribution in [1.29, 1.82) is 0 Å². The molecule has 19 heavy (non-hydrogen) atoms. The largest absolute Gasteiger partial charge is 0.481 e. The van der Waals surface area contributed by atoms with Gasteiger partial charge in [0.25, 0.3) is 0 Å². The lowest BCUT2D eigenvalue weighted by molar-refractivity contribution is -0.138. The average Bonchev–Trinajstić information content (AvgIpc) is 2.98. The third-order valence-corrected chi connectivity index (χ3v) is 4.47. The molecular weight excluding hydrogens is 264 g/mol. The number of carboxylic acid groups (broad SMARTS) is 1. The molecule has 3 N–H and O–H groups in total. The predicted molar refractivity (Wildman–Crippen MR) is 73.0 cm³/mol. The standard InChI is InChI=1S/C13H18N2O3S/c1-13(4-5-14-8-13)12(18)15-9(7-11(16)17)10-3-2-6-19-10/h2-3,6,9,14H,4-5,7-8H2,1H3,(H,15,18)(H,16,17). The summed E-state index contributed by atoms with van der Waals surface area (Å²) in [4.78, 5) is 24.1. The van der Waals surface area contributed by atoms with Gasteiger partial charge in [-0.25, -0.2) is 0 Å². The van der Waals surface area contributed by atoms with E-state index in [0.717, 1.165) is 17.8 Å². The molecule has 0 saturated carbocycles. The Balaban J connectivity index is 2.07. The molecule has 1 aliphatic heterocycles. The Labute approximate surface area is 116 Å². The number of nitrogens with one attached hydrogen (secondary N) is 2. The normalized spacial score (nSPS) is 24.1. The highest BCUT2D eigenvalue weighted by Gasteiger charge is 2.37. The summed E-state index contributed by atoms with van der Waals surface area (Å²) in [5, 5.41) is 16.9. The van der Waals surface area contributed by atoms with Crippen molar-refractivity contribution in [1.82, 2.24) is 10.6 Å². The summed E-state index contributed by atoms with van der Waals surface area (Å²) in [6.07, 6.45) is 0.693. The number of carbonyl (C=O) groups is 2. The topological polar surface area (TPSA) is 78.4 Å². The van der Waals surface area contributed by atoms with E-state index in [1.807, 2.05) is 24.4 Å². The smallest absolute Gasteiger partial charge is 0.305 e. The summed E-state index contributed by atoms with van der Waals surface area (Å²) >= 11 is 1.46. The lowest BCUT2D eigenvalue weighted by Gasteiger charge is -2.25. The lowest BCUT2D eigenvalue weighted by Crippen LogP contribution is -2.42. The quantitative estimate of drug-likeness (QED) is 0.762. The molecule has 1 aromatic heterocycles. The summed E-state index contributed by atoms with van der Waals surface area (Å²) in [7, 11) is 0. The summed E-state index contributed by atoms with van der Waals surface area (Å²) in [5.41, 5.74) is -0.436. The molecule has 1 aromatic rings. The number of thiophene rings is 1. The van der Waals surface area contributed by atoms with Gasteiger partial charge < -0.3 is 15.7 Å². The Kier molecular flexibility index (Phi) is 4.21. The fourth-order valence-electron chi connectivity index (χ4n) is 2.23. The number of hydrogen-bond donors (Lipinski definition) is 3. The highest BCUT2D eigenvalue weighted by molar-refractivity contribution is 7.10. The van der Waals surface area contributed by atoms with Gasteiger partial charge in [0, 0.05) is 11.4 Å². The van der Waals surface area contributed by atoms with Crippen LogP contribution in [0.2, 0.25) is 0 Å². The fourth-order valence-corrected chi connectivity index (χ4v) is 3.01. The third kappa shape index (κ3) is 3.33. The van der Waals surface area contributed by atoms with Crippen LogP contribution in [0.15, 0.2) is 17.5 Å². The van der Waals surface area contributed by atoms with Crippen molar-refractivity contribution in [3.05, 3.63) is 22.4 Å². The Morgan fingerprint density at radius 2 is 2.42 bits per heavy atom. The minimum Gasteiger partial charge on any atom is -0.481 e. The van der Waals surface area contributed by atoms with Gasteiger partial charge in [-0.05, 0) is 31.3 Å². The Morgan fingerprint density at radius 1 is 1.63 bits per heavy atom. The van der Waals surface area contributed by atoms with Crippen molar-refractivity contribution in [2.24, 2.45) is 5.41 Å². The summed E-state index contributed by atoms with van der Waals surface area (Å²) in [6.45, 7) is 3.38. The second-order valence-corrected chi connectivity index (χ2v) is 6.11. The zero-order valence-corrected chi connectivity index (χ0v) is 11.6. The maximum atomic E-state index is 12.3. The van der Waals surface area contributed by atoms with E-state index in [-0.39, 0.29) is 12.3 Å². The van der Waals surface area contributed by atoms with E-state index in [1.54, 1.807) is 0 Å². The average molecular weight is 282 g/mol. The molecule has 1 fully saturated rings. The second-order valence-electron chi connectivity index (χ2n) is 5.13. The molecule has 2 rings (SSSR count). The van der Waals surface area contributed by atoms with Crippen molar-refractivity contribution in [2.45, 2.75) is 25.8 Å². The van der Waals surface area contributed by atoms with Gasteiger partial charge in [-0.2, -0.15) is 0 Å². The van der Waals surface area contributed by atoms with Gasteiger partial charge in [0.1, 0.15) is 0 Å². The maximum absolute atomic E-state index is 12.3. The van der Waals surface area contributed by atoms with Crippen molar-refractivity contribution >= 4 is 23.2 Å². The first-order valence-corrected chi connectivity index (χ1v) is 7.16. The monoisotopic (exact) mass is 282 g/mol. The maximum Gasteiger partial charge on any atom is 0.305 e. The first-order chi connectivity index (χ1) is 9.01. The van der Waals surface area contributed by atoms with Crippen LogP contribution in [-0.2, 0) is 9.59 Å². The zero-order valence-electron chi connectivity index (χ0n) is 10.8. The van der Waals surface area contributed by atoms with Gasteiger partial charge in [0.15, 0.2) is 0 Å². The molecule has 1 aliphatic rings. The van der Waals surface area contributed by atoms with Crippen LogP contribution in [0, 0.1) is 5.41 Å². The number of carboxylic acids is 1. The highest BCUT2D eigenvalue weighted by atomic mass is 32.1. The van der Waals surface area contributed by atoms with Crippen LogP contribution in [0.5, 0.6) is 0 Å². The molecule has 1 saturated heterocycles. The molecule has 6 heteroatoms. The molecule has 104 valence electrons. The van der Waals surface area contributed by atoms with E-state index in [4.69, 9.17) is 5.11 Å². The highest BCUT2D eigenvalue weighted by Crippen LogP contribution is 2.28. The Hall–Kier alpha value is -1.40.